The van der Waals surface area contributed by atoms with Crippen LogP contribution < -0.4 is 0 Å². The summed E-state index contributed by atoms with van der Waals surface area (Å²) >= 11 is 0. The number of aromatic nitrogens is 2. The second-order valence-electron chi connectivity index (χ2n) is 6.64. The summed E-state index contributed by atoms with van der Waals surface area (Å²) in [7, 11) is 1.52. The summed E-state index contributed by atoms with van der Waals surface area (Å²) in [5.41, 5.74) is 3.64. The summed E-state index contributed by atoms with van der Waals surface area (Å²) in [4.78, 5) is 18.8. The van der Waals surface area contributed by atoms with Crippen LogP contribution in [0.15, 0.2) is 36.9 Å². The maximum absolute atomic E-state index is 11.7. The summed E-state index contributed by atoms with van der Waals surface area (Å²) < 4.78 is 8.56. The van der Waals surface area contributed by atoms with Crippen LogP contribution in [-0.4, -0.2) is 52.6 Å². The highest BCUT2D eigenvalue weighted by atomic mass is 16.5. The highest BCUT2D eigenvalue weighted by Crippen LogP contribution is 2.21. The molecule has 0 radical (unpaired) electrons. The largest absolute Gasteiger partial charge is 0.379 e. The maximum Gasteiger partial charge on any atom is 0.255 e. The minimum absolute atomic E-state index is 0.652. The fourth-order valence-corrected chi connectivity index (χ4v) is 3.31. The van der Waals surface area contributed by atoms with Crippen molar-refractivity contribution in [1.82, 2.24) is 14.5 Å². The van der Waals surface area contributed by atoms with Gasteiger partial charge in [0, 0.05) is 41.4 Å². The molecule has 1 aromatic heterocycles. The van der Waals surface area contributed by atoms with Crippen molar-refractivity contribution >= 4 is 17.8 Å². The second kappa shape index (κ2) is 8.88. The standard InChI is InChI=1S/C21H27N4O2/c1-4-7-20-19(5-2)22-21(16-24-10-12-27-13-11-24)25(20)15-17-8-6-9-18(14-17)23(3)26/h4-9,14H,2,10-13,15-16H2,1,3H3/q+1. The molecule has 0 bridgehead atoms. The molecule has 2 aromatic rings. The Labute approximate surface area is 160 Å². The van der Waals surface area contributed by atoms with Crippen LogP contribution in [0.5, 0.6) is 0 Å². The molecule has 1 saturated heterocycles. The molecule has 1 aliphatic rings. The van der Waals surface area contributed by atoms with Crippen LogP contribution in [0.2, 0.25) is 0 Å². The quantitative estimate of drug-likeness (QED) is 0.703. The summed E-state index contributed by atoms with van der Waals surface area (Å²) in [6, 6.07) is 7.71. The van der Waals surface area contributed by atoms with E-state index in [9.17, 15) is 4.91 Å². The summed E-state index contributed by atoms with van der Waals surface area (Å²) in [5, 5.41) is 0. The third-order valence-corrected chi connectivity index (χ3v) is 4.72. The summed E-state index contributed by atoms with van der Waals surface area (Å²) in [6.45, 7) is 10.7. The summed E-state index contributed by atoms with van der Waals surface area (Å²) in [5.74, 6) is 1.00. The maximum atomic E-state index is 11.7. The molecule has 2 heterocycles. The van der Waals surface area contributed by atoms with Gasteiger partial charge < -0.3 is 9.30 Å². The van der Waals surface area contributed by atoms with Crippen molar-refractivity contribution in [3.8, 4) is 0 Å². The van der Waals surface area contributed by atoms with Crippen molar-refractivity contribution < 1.29 is 9.50 Å². The first-order valence-electron chi connectivity index (χ1n) is 9.26. The van der Waals surface area contributed by atoms with Crippen molar-refractivity contribution in [3.63, 3.8) is 0 Å². The van der Waals surface area contributed by atoms with E-state index >= 15 is 0 Å². The second-order valence-corrected chi connectivity index (χ2v) is 6.64. The van der Waals surface area contributed by atoms with Crippen molar-refractivity contribution in [2.75, 3.05) is 33.4 Å². The number of hydrogen-bond acceptors (Lipinski definition) is 4. The first-order valence-corrected chi connectivity index (χ1v) is 9.26. The highest BCUT2D eigenvalue weighted by molar-refractivity contribution is 5.59. The molecule has 0 amide bonds. The van der Waals surface area contributed by atoms with E-state index in [0.29, 0.717) is 12.2 Å². The van der Waals surface area contributed by atoms with Crippen LogP contribution in [-0.2, 0) is 17.8 Å². The van der Waals surface area contributed by atoms with Crippen LogP contribution in [0.4, 0.5) is 5.69 Å². The van der Waals surface area contributed by atoms with E-state index in [2.05, 4.69) is 22.1 Å². The number of hydrogen-bond donors (Lipinski definition) is 0. The van der Waals surface area contributed by atoms with Crippen molar-refractivity contribution in [1.29, 1.82) is 0 Å². The molecule has 3 rings (SSSR count). The predicted molar refractivity (Wildman–Crippen MR) is 108 cm³/mol. The molecule has 6 heteroatoms. The third kappa shape index (κ3) is 4.59. The molecule has 6 nitrogen and oxygen atoms in total. The lowest BCUT2D eigenvalue weighted by Crippen LogP contribution is -2.36. The van der Waals surface area contributed by atoms with E-state index in [-0.39, 0.29) is 0 Å². The monoisotopic (exact) mass is 367 g/mol. The zero-order chi connectivity index (χ0) is 19.2. The molecule has 0 N–H and O–H groups in total. The Balaban J connectivity index is 1.97. The Hall–Kier alpha value is -2.57. The first kappa shape index (κ1) is 19.2. The topological polar surface area (TPSA) is 50.4 Å². The van der Waals surface area contributed by atoms with Gasteiger partial charge in [0.25, 0.3) is 5.69 Å². The molecular weight excluding hydrogens is 340 g/mol. The van der Waals surface area contributed by atoms with Crippen LogP contribution in [0, 0.1) is 4.91 Å². The van der Waals surface area contributed by atoms with Crippen molar-refractivity contribution in [2.45, 2.75) is 20.0 Å². The minimum atomic E-state index is 0.652. The van der Waals surface area contributed by atoms with Crippen molar-refractivity contribution in [3.05, 3.63) is 64.6 Å². The number of nitroso groups, excluding NO2 is 1. The van der Waals surface area contributed by atoms with Gasteiger partial charge in [-0.05, 0) is 24.6 Å². The molecule has 0 saturated carbocycles. The van der Waals surface area contributed by atoms with Gasteiger partial charge in [-0.15, -0.1) is 0 Å². The third-order valence-electron chi connectivity index (χ3n) is 4.72. The predicted octanol–water partition coefficient (Wildman–Crippen LogP) is 3.48. The minimum Gasteiger partial charge on any atom is -0.379 e. The number of morpholine rings is 1. The number of imidazole rings is 1. The van der Waals surface area contributed by atoms with Gasteiger partial charge >= 0.3 is 0 Å². The number of allylic oxidation sites excluding steroid dienone is 1. The Morgan fingerprint density at radius 3 is 2.74 bits per heavy atom. The first-order chi connectivity index (χ1) is 13.1. The molecular formula is C21H27N4O2+. The molecule has 0 atom stereocenters. The normalized spacial score (nSPS) is 15.3. The average Bonchev–Trinajstić information content (AvgIpc) is 3.00. The van der Waals surface area contributed by atoms with Crippen LogP contribution in [0.25, 0.3) is 12.2 Å². The molecule has 27 heavy (non-hydrogen) atoms. The Bertz CT molecular complexity index is 848. The zero-order valence-corrected chi connectivity index (χ0v) is 16.1. The molecule has 0 unspecified atom stereocenters. The molecule has 142 valence electrons. The van der Waals surface area contributed by atoms with Crippen LogP contribution in [0.3, 0.4) is 0 Å². The van der Waals surface area contributed by atoms with Gasteiger partial charge in [0.2, 0.25) is 0 Å². The highest BCUT2D eigenvalue weighted by Gasteiger charge is 2.19. The fraction of sp³-hybridized carbons (Fsp3) is 0.381. The smallest absolute Gasteiger partial charge is 0.255 e. The van der Waals surface area contributed by atoms with Crippen molar-refractivity contribution in [2.24, 2.45) is 0 Å². The zero-order valence-electron chi connectivity index (χ0n) is 16.1. The summed E-state index contributed by atoms with van der Waals surface area (Å²) in [6.07, 6.45) is 5.88. The van der Waals surface area contributed by atoms with E-state index in [0.717, 1.165) is 60.4 Å². The average molecular weight is 367 g/mol. The van der Waals surface area contributed by atoms with Crippen LogP contribution in [0.1, 0.15) is 29.7 Å². The van der Waals surface area contributed by atoms with E-state index in [4.69, 9.17) is 9.72 Å². The van der Waals surface area contributed by atoms with Gasteiger partial charge in [-0.3, -0.25) is 4.90 Å². The Morgan fingerprint density at radius 1 is 1.30 bits per heavy atom. The number of benzene rings is 1. The molecule has 1 aliphatic heterocycles. The number of nitrogens with zero attached hydrogens (tertiary/aromatic N) is 4. The van der Waals surface area contributed by atoms with Gasteiger partial charge in [0.1, 0.15) is 5.82 Å². The Morgan fingerprint density at radius 2 is 2.07 bits per heavy atom. The fourth-order valence-electron chi connectivity index (χ4n) is 3.31. The van der Waals surface area contributed by atoms with Gasteiger partial charge in [0.15, 0.2) is 7.05 Å². The van der Waals surface area contributed by atoms with Gasteiger partial charge in [0.05, 0.1) is 31.1 Å². The van der Waals surface area contributed by atoms with Crippen LogP contribution >= 0.6 is 0 Å². The molecule has 0 aliphatic carbocycles. The molecule has 1 aromatic carbocycles. The molecule has 0 spiro atoms. The van der Waals surface area contributed by atoms with E-state index in [1.165, 1.54) is 7.05 Å². The van der Waals surface area contributed by atoms with Gasteiger partial charge in [-0.2, -0.15) is 0 Å². The lowest BCUT2D eigenvalue weighted by atomic mass is 10.2. The lowest BCUT2D eigenvalue weighted by Gasteiger charge is -2.26. The van der Waals surface area contributed by atoms with Gasteiger partial charge in [-0.1, -0.05) is 24.8 Å². The van der Waals surface area contributed by atoms with E-state index in [1.807, 2.05) is 37.3 Å². The lowest BCUT2D eigenvalue weighted by molar-refractivity contribution is -0.428. The van der Waals surface area contributed by atoms with E-state index in [1.54, 1.807) is 6.08 Å². The molecule has 1 fully saturated rings. The Kier molecular flexibility index (Phi) is 6.32. The number of rotatable bonds is 7. The number of ether oxygens (including phenoxy) is 1. The van der Waals surface area contributed by atoms with Gasteiger partial charge in [-0.25, -0.2) is 4.98 Å². The SMILES string of the molecule is C=Cc1nc(CN2CCOCC2)n(Cc2cccc([N+](C)=O)c2)c1C=CC. The van der Waals surface area contributed by atoms with E-state index < -0.39 is 0 Å².